The van der Waals surface area contributed by atoms with E-state index in [0.717, 1.165) is 10.2 Å². The minimum absolute atomic E-state index is 0.0660. The van der Waals surface area contributed by atoms with E-state index >= 15 is 0 Å². The van der Waals surface area contributed by atoms with Crippen molar-refractivity contribution in [1.29, 1.82) is 0 Å². The normalized spacial score (nSPS) is 15.3. The second-order valence-electron chi connectivity index (χ2n) is 6.92. The second kappa shape index (κ2) is 7.71. The van der Waals surface area contributed by atoms with Crippen molar-refractivity contribution in [3.05, 3.63) is 80.3 Å². The van der Waals surface area contributed by atoms with Crippen LogP contribution in [0.25, 0.3) is 11.0 Å². The van der Waals surface area contributed by atoms with Gasteiger partial charge in [-0.25, -0.2) is 0 Å². The molecule has 2 aromatic carbocycles. The summed E-state index contributed by atoms with van der Waals surface area (Å²) >= 11 is 3.46. The monoisotopic (exact) mass is 454 g/mol. The van der Waals surface area contributed by atoms with E-state index in [-0.39, 0.29) is 12.3 Å². The number of rotatable bonds is 5. The van der Waals surface area contributed by atoms with Crippen LogP contribution in [0, 0.1) is 0 Å². The van der Waals surface area contributed by atoms with Gasteiger partial charge >= 0.3 is 11.1 Å². The minimum atomic E-state index is -0.702. The van der Waals surface area contributed by atoms with Crippen LogP contribution in [0.1, 0.15) is 12.5 Å². The van der Waals surface area contributed by atoms with Gasteiger partial charge in [0.15, 0.2) is 0 Å². The number of benzene rings is 2. The lowest BCUT2D eigenvalue weighted by Crippen LogP contribution is -2.46. The molecular weight excluding hydrogens is 436 g/mol. The molecule has 1 aromatic heterocycles. The largest absolute Gasteiger partial charge is 0.364 e. The molecule has 148 valence electrons. The van der Waals surface area contributed by atoms with Gasteiger partial charge in [-0.05, 0) is 24.3 Å². The van der Waals surface area contributed by atoms with Crippen LogP contribution in [0.15, 0.2) is 69.2 Å². The number of para-hydroxylation sites is 1. The lowest BCUT2D eigenvalue weighted by molar-refractivity contribution is -0.116. The summed E-state index contributed by atoms with van der Waals surface area (Å²) in [6.07, 6.45) is 1.84. The minimum Gasteiger partial charge on any atom is -0.364 e. The molecule has 7 nitrogen and oxygen atoms in total. The smallest absolute Gasteiger partial charge is 0.317 e. The Morgan fingerprint density at radius 2 is 2.03 bits per heavy atom. The number of aromatic nitrogens is 2. The molecule has 3 aromatic rings. The molecular formula is C21H19BrN4O3. The van der Waals surface area contributed by atoms with Crippen molar-refractivity contribution in [3.63, 3.8) is 0 Å². The SMILES string of the molecule is C=CCN1CC(CC(=O)Nc2ccccc2)n2c(=O)c(=O)[nH]c3cc(Br)cc1c32. The zero-order chi connectivity index (χ0) is 20.5. The summed E-state index contributed by atoms with van der Waals surface area (Å²) in [6, 6.07) is 12.3. The fourth-order valence-electron chi connectivity index (χ4n) is 3.78. The highest BCUT2D eigenvalue weighted by Crippen LogP contribution is 2.35. The first-order valence-electron chi connectivity index (χ1n) is 9.16. The first-order valence-corrected chi connectivity index (χ1v) is 9.96. The molecule has 8 heteroatoms. The first kappa shape index (κ1) is 19.2. The Morgan fingerprint density at radius 3 is 2.76 bits per heavy atom. The molecule has 2 N–H and O–H groups in total. The van der Waals surface area contributed by atoms with Crippen molar-refractivity contribution in [3.8, 4) is 0 Å². The van der Waals surface area contributed by atoms with Gasteiger partial charge < -0.3 is 15.2 Å². The van der Waals surface area contributed by atoms with E-state index in [1.54, 1.807) is 24.3 Å². The number of halogens is 1. The number of amides is 1. The Balaban J connectivity index is 1.80. The Hall–Kier alpha value is -3.13. The van der Waals surface area contributed by atoms with Crippen LogP contribution in [0.2, 0.25) is 0 Å². The molecule has 4 rings (SSSR count). The van der Waals surface area contributed by atoms with E-state index < -0.39 is 17.2 Å². The van der Waals surface area contributed by atoms with Crippen LogP contribution in [0.3, 0.4) is 0 Å². The van der Waals surface area contributed by atoms with Crippen LogP contribution < -0.4 is 21.3 Å². The first-order chi connectivity index (χ1) is 14.0. The van der Waals surface area contributed by atoms with E-state index in [9.17, 15) is 14.4 Å². The van der Waals surface area contributed by atoms with Gasteiger partial charge in [0.25, 0.3) is 0 Å². The quantitative estimate of drug-likeness (QED) is 0.458. The summed E-state index contributed by atoms with van der Waals surface area (Å²) < 4.78 is 2.25. The molecule has 0 aliphatic carbocycles. The van der Waals surface area contributed by atoms with Crippen LogP contribution in [-0.2, 0) is 4.79 Å². The summed E-state index contributed by atoms with van der Waals surface area (Å²) in [5, 5.41) is 2.85. The van der Waals surface area contributed by atoms with E-state index in [1.165, 1.54) is 4.57 Å². The summed E-state index contributed by atoms with van der Waals surface area (Å²) in [5.41, 5.74) is 1.29. The van der Waals surface area contributed by atoms with Crippen molar-refractivity contribution < 1.29 is 4.79 Å². The van der Waals surface area contributed by atoms with Gasteiger partial charge in [-0.2, -0.15) is 0 Å². The van der Waals surface area contributed by atoms with Gasteiger partial charge in [-0.3, -0.25) is 19.0 Å². The highest BCUT2D eigenvalue weighted by atomic mass is 79.9. The molecule has 0 radical (unpaired) electrons. The Bertz CT molecular complexity index is 1220. The molecule has 0 saturated heterocycles. The third-order valence-corrected chi connectivity index (χ3v) is 5.38. The average molecular weight is 455 g/mol. The molecule has 0 spiro atoms. The lowest BCUT2D eigenvalue weighted by atomic mass is 10.1. The maximum absolute atomic E-state index is 12.7. The number of anilines is 2. The summed E-state index contributed by atoms with van der Waals surface area (Å²) in [6.45, 7) is 4.78. The Kier molecular flexibility index (Phi) is 5.10. The van der Waals surface area contributed by atoms with Crippen LogP contribution in [0.5, 0.6) is 0 Å². The van der Waals surface area contributed by atoms with Gasteiger partial charge in [-0.1, -0.05) is 40.2 Å². The number of nitrogens with one attached hydrogen (secondary N) is 2. The standard InChI is InChI=1S/C21H19BrN4O3/c1-2-8-25-12-15(11-18(27)23-14-6-4-3-5-7-14)26-19-16(24-20(28)21(26)29)9-13(22)10-17(19)25/h2-7,9-10,15H,1,8,11-12H2,(H,23,27)(H,24,28). The van der Waals surface area contributed by atoms with Crippen molar-refractivity contribution in [2.45, 2.75) is 12.5 Å². The molecule has 1 unspecified atom stereocenters. The zero-order valence-corrected chi connectivity index (χ0v) is 17.1. The molecule has 0 fully saturated rings. The van der Waals surface area contributed by atoms with Crippen molar-refractivity contribution in [2.24, 2.45) is 0 Å². The fraction of sp³-hybridized carbons (Fsp3) is 0.190. The van der Waals surface area contributed by atoms with E-state index in [0.29, 0.717) is 29.8 Å². The average Bonchev–Trinajstić information content (AvgIpc) is 2.68. The highest BCUT2D eigenvalue weighted by molar-refractivity contribution is 9.10. The van der Waals surface area contributed by atoms with Gasteiger partial charge in [0.1, 0.15) is 0 Å². The Morgan fingerprint density at radius 1 is 1.28 bits per heavy atom. The van der Waals surface area contributed by atoms with Crippen molar-refractivity contribution in [1.82, 2.24) is 9.55 Å². The third kappa shape index (κ3) is 3.63. The van der Waals surface area contributed by atoms with Gasteiger partial charge in [0.05, 0.1) is 22.8 Å². The molecule has 1 aliphatic rings. The third-order valence-electron chi connectivity index (χ3n) is 4.92. The molecule has 1 aliphatic heterocycles. The van der Waals surface area contributed by atoms with Crippen molar-refractivity contribution >= 4 is 44.2 Å². The second-order valence-corrected chi connectivity index (χ2v) is 7.83. The van der Waals surface area contributed by atoms with Crippen molar-refractivity contribution in [2.75, 3.05) is 23.3 Å². The number of H-pyrrole nitrogens is 1. The number of hydrogen-bond donors (Lipinski definition) is 2. The number of hydrogen-bond acceptors (Lipinski definition) is 4. The van der Waals surface area contributed by atoms with Crippen LogP contribution >= 0.6 is 15.9 Å². The van der Waals surface area contributed by atoms with Crippen LogP contribution in [0.4, 0.5) is 11.4 Å². The van der Waals surface area contributed by atoms with Gasteiger partial charge in [-0.15, -0.1) is 6.58 Å². The number of carbonyl (C=O) groups excluding carboxylic acids is 1. The predicted octanol–water partition coefficient (Wildman–Crippen LogP) is 3.03. The number of carbonyl (C=O) groups is 1. The number of nitrogens with zero attached hydrogens (tertiary/aromatic N) is 2. The van der Waals surface area contributed by atoms with E-state index in [2.05, 4.69) is 37.7 Å². The summed E-state index contributed by atoms with van der Waals surface area (Å²) in [7, 11) is 0. The highest BCUT2D eigenvalue weighted by Gasteiger charge is 2.30. The number of aromatic amines is 1. The summed E-state index contributed by atoms with van der Waals surface area (Å²) in [5.74, 6) is -0.222. The zero-order valence-electron chi connectivity index (χ0n) is 15.5. The topological polar surface area (TPSA) is 87.2 Å². The molecule has 1 atom stereocenters. The maximum atomic E-state index is 12.7. The molecule has 1 amide bonds. The summed E-state index contributed by atoms with van der Waals surface area (Å²) in [4.78, 5) is 42.4. The fourth-order valence-corrected chi connectivity index (χ4v) is 4.22. The molecule has 29 heavy (non-hydrogen) atoms. The van der Waals surface area contributed by atoms with Crippen LogP contribution in [-0.4, -0.2) is 28.5 Å². The predicted molar refractivity (Wildman–Crippen MR) is 118 cm³/mol. The Labute approximate surface area is 174 Å². The van der Waals surface area contributed by atoms with Gasteiger partial charge in [0.2, 0.25) is 5.91 Å². The maximum Gasteiger partial charge on any atom is 0.317 e. The van der Waals surface area contributed by atoms with Gasteiger partial charge in [0, 0.05) is 29.7 Å². The van der Waals surface area contributed by atoms with E-state index in [4.69, 9.17) is 0 Å². The van der Waals surface area contributed by atoms with E-state index in [1.807, 2.05) is 24.3 Å². The lowest BCUT2D eigenvalue weighted by Gasteiger charge is -2.36. The molecule has 0 saturated carbocycles. The molecule has 0 bridgehead atoms. The molecule has 2 heterocycles.